The third-order valence-electron chi connectivity index (χ3n) is 5.01. The monoisotopic (exact) mass is 313 g/mol. The van der Waals surface area contributed by atoms with Crippen LogP contribution in [0.1, 0.15) is 31.2 Å². The predicted molar refractivity (Wildman–Crippen MR) is 95.3 cm³/mol. The van der Waals surface area contributed by atoms with Crippen LogP contribution in [0.15, 0.2) is 41.4 Å². The molecule has 0 saturated heterocycles. The van der Waals surface area contributed by atoms with Crippen molar-refractivity contribution in [3.05, 3.63) is 42.0 Å². The van der Waals surface area contributed by atoms with E-state index in [1.54, 1.807) is 0 Å². The summed E-state index contributed by atoms with van der Waals surface area (Å²) < 4.78 is 0. The van der Waals surface area contributed by atoms with E-state index in [1.807, 2.05) is 7.05 Å². The molecule has 0 amide bonds. The second kappa shape index (κ2) is 7.64. The first-order valence-corrected chi connectivity index (χ1v) is 8.66. The summed E-state index contributed by atoms with van der Waals surface area (Å²) in [5.41, 5.74) is 2.74. The van der Waals surface area contributed by atoms with Crippen molar-refractivity contribution >= 4 is 11.5 Å². The summed E-state index contributed by atoms with van der Waals surface area (Å²) in [5.74, 6) is 1.32. The van der Waals surface area contributed by atoms with Gasteiger partial charge in [-0.1, -0.05) is 42.8 Å². The number of nitrogens with one attached hydrogen (secondary N) is 1. The average Bonchev–Trinajstić information content (AvgIpc) is 3.02. The number of benzene rings is 1. The number of rotatable bonds is 3. The molecule has 3 rings (SSSR count). The van der Waals surface area contributed by atoms with Crippen LogP contribution in [-0.2, 0) is 0 Å². The number of hydrogen-bond acceptors (Lipinski definition) is 2. The Bertz CT molecular complexity index is 567. The molecule has 2 aliphatic rings. The molecule has 0 bridgehead atoms. The van der Waals surface area contributed by atoms with Crippen LogP contribution in [0.2, 0.25) is 0 Å². The second-order valence-electron chi connectivity index (χ2n) is 6.48. The molecule has 0 radical (unpaired) electrons. The van der Waals surface area contributed by atoms with Crippen molar-refractivity contribution in [3.63, 3.8) is 0 Å². The number of guanidine groups is 1. The minimum absolute atomic E-state index is 0.147. The molecule has 1 aliphatic heterocycles. The summed E-state index contributed by atoms with van der Waals surface area (Å²) in [6.07, 6.45) is 6.39. The Hall–Kier alpha value is -1.81. The molecule has 2 N–H and O–H groups in total. The van der Waals surface area contributed by atoms with E-state index >= 15 is 0 Å². The number of aliphatic hydroxyl groups is 1. The van der Waals surface area contributed by atoms with E-state index in [0.717, 1.165) is 51.3 Å². The topological polar surface area (TPSA) is 47.9 Å². The number of aliphatic imine (C=N–C) groups is 1. The molecule has 4 nitrogen and oxygen atoms in total. The van der Waals surface area contributed by atoms with Crippen LogP contribution in [0, 0.1) is 5.92 Å². The summed E-state index contributed by atoms with van der Waals surface area (Å²) >= 11 is 0. The van der Waals surface area contributed by atoms with Gasteiger partial charge in [0.1, 0.15) is 0 Å². The number of hydrogen-bond donors (Lipinski definition) is 2. The molecule has 0 aromatic heterocycles. The van der Waals surface area contributed by atoms with Crippen molar-refractivity contribution < 1.29 is 5.11 Å². The first-order valence-electron chi connectivity index (χ1n) is 8.66. The fraction of sp³-hybridized carbons (Fsp3) is 0.526. The fourth-order valence-corrected chi connectivity index (χ4v) is 3.59. The highest BCUT2D eigenvalue weighted by Gasteiger charge is 2.26. The van der Waals surface area contributed by atoms with Gasteiger partial charge in [-0.05, 0) is 30.4 Å². The molecule has 4 heteroatoms. The highest BCUT2D eigenvalue weighted by molar-refractivity contribution is 5.81. The quantitative estimate of drug-likeness (QED) is 0.666. The minimum Gasteiger partial charge on any atom is -0.393 e. The van der Waals surface area contributed by atoms with E-state index in [4.69, 9.17) is 0 Å². The maximum absolute atomic E-state index is 9.94. The smallest absolute Gasteiger partial charge is 0.193 e. The summed E-state index contributed by atoms with van der Waals surface area (Å²) in [5, 5.41) is 13.4. The molecule has 0 spiro atoms. The zero-order valence-corrected chi connectivity index (χ0v) is 13.9. The molecule has 2 atom stereocenters. The normalized spacial score (nSPS) is 25.4. The minimum atomic E-state index is -0.147. The van der Waals surface area contributed by atoms with Crippen molar-refractivity contribution in [1.29, 1.82) is 0 Å². The van der Waals surface area contributed by atoms with Crippen LogP contribution in [-0.4, -0.2) is 48.8 Å². The van der Waals surface area contributed by atoms with Gasteiger partial charge >= 0.3 is 0 Å². The van der Waals surface area contributed by atoms with Gasteiger partial charge in [0.25, 0.3) is 0 Å². The van der Waals surface area contributed by atoms with Crippen LogP contribution in [0.25, 0.3) is 5.57 Å². The van der Waals surface area contributed by atoms with Crippen molar-refractivity contribution in [2.75, 3.05) is 26.7 Å². The van der Waals surface area contributed by atoms with E-state index in [-0.39, 0.29) is 6.10 Å². The lowest BCUT2D eigenvalue weighted by atomic mass is 10.00. The standard InChI is InChI=1S/C19H27N3O/c1-20-19(21-14-17-8-5-9-18(17)23)22-12-10-16(11-13-22)15-6-3-2-4-7-15/h2-4,6-7,10,17-18,23H,5,8-9,11-14H2,1H3,(H,20,21). The van der Waals surface area contributed by atoms with Gasteiger partial charge in [-0.15, -0.1) is 0 Å². The molecule has 124 valence electrons. The molecular formula is C19H27N3O. The van der Waals surface area contributed by atoms with Gasteiger partial charge in [-0.3, -0.25) is 4.99 Å². The van der Waals surface area contributed by atoms with Crippen molar-refractivity contribution in [2.24, 2.45) is 10.9 Å². The van der Waals surface area contributed by atoms with Crippen LogP contribution in [0.5, 0.6) is 0 Å². The Morgan fingerprint density at radius 2 is 2.13 bits per heavy atom. The largest absolute Gasteiger partial charge is 0.393 e. The zero-order chi connectivity index (χ0) is 16.1. The van der Waals surface area contributed by atoms with Crippen molar-refractivity contribution in [1.82, 2.24) is 10.2 Å². The molecule has 23 heavy (non-hydrogen) atoms. The van der Waals surface area contributed by atoms with Crippen LogP contribution >= 0.6 is 0 Å². The molecule has 1 fully saturated rings. The average molecular weight is 313 g/mol. The molecule has 1 aromatic rings. The highest BCUT2D eigenvalue weighted by atomic mass is 16.3. The lowest BCUT2D eigenvalue weighted by Gasteiger charge is -2.30. The summed E-state index contributed by atoms with van der Waals surface area (Å²) in [6, 6.07) is 10.6. The third kappa shape index (κ3) is 3.94. The zero-order valence-electron chi connectivity index (χ0n) is 13.9. The molecule has 1 aliphatic carbocycles. The summed E-state index contributed by atoms with van der Waals surface area (Å²) in [6.45, 7) is 2.68. The Kier molecular flexibility index (Phi) is 5.34. The lowest BCUT2D eigenvalue weighted by Crippen LogP contribution is -2.45. The summed E-state index contributed by atoms with van der Waals surface area (Å²) in [4.78, 5) is 6.70. The van der Waals surface area contributed by atoms with Gasteiger partial charge in [0.05, 0.1) is 6.10 Å². The van der Waals surface area contributed by atoms with Crippen LogP contribution in [0.4, 0.5) is 0 Å². The Balaban J connectivity index is 1.56. The van der Waals surface area contributed by atoms with Gasteiger partial charge in [0.15, 0.2) is 5.96 Å². The maximum Gasteiger partial charge on any atom is 0.193 e. The Morgan fingerprint density at radius 1 is 1.30 bits per heavy atom. The first-order chi connectivity index (χ1) is 11.3. The molecule has 1 aromatic carbocycles. The highest BCUT2D eigenvalue weighted by Crippen LogP contribution is 2.25. The third-order valence-corrected chi connectivity index (χ3v) is 5.01. The molecule has 1 heterocycles. The van der Waals surface area contributed by atoms with Gasteiger partial charge in [-0.2, -0.15) is 0 Å². The number of nitrogens with zero attached hydrogens (tertiary/aromatic N) is 2. The van der Waals surface area contributed by atoms with Gasteiger partial charge in [0, 0.05) is 32.6 Å². The van der Waals surface area contributed by atoms with E-state index in [9.17, 15) is 5.11 Å². The Morgan fingerprint density at radius 3 is 2.74 bits per heavy atom. The molecule has 1 saturated carbocycles. The van der Waals surface area contributed by atoms with E-state index in [0.29, 0.717) is 5.92 Å². The van der Waals surface area contributed by atoms with Crippen molar-refractivity contribution in [2.45, 2.75) is 31.8 Å². The fourth-order valence-electron chi connectivity index (χ4n) is 3.59. The van der Waals surface area contributed by atoms with E-state index in [2.05, 4.69) is 51.6 Å². The first kappa shape index (κ1) is 16.1. The number of aliphatic hydroxyl groups excluding tert-OH is 1. The molecular weight excluding hydrogens is 286 g/mol. The van der Waals surface area contributed by atoms with Gasteiger partial charge in [-0.25, -0.2) is 0 Å². The van der Waals surface area contributed by atoms with Gasteiger partial charge in [0.2, 0.25) is 0 Å². The maximum atomic E-state index is 9.94. The second-order valence-corrected chi connectivity index (χ2v) is 6.48. The lowest BCUT2D eigenvalue weighted by molar-refractivity contribution is 0.134. The Labute approximate surface area is 138 Å². The van der Waals surface area contributed by atoms with Crippen molar-refractivity contribution in [3.8, 4) is 0 Å². The molecule has 2 unspecified atom stereocenters. The predicted octanol–water partition coefficient (Wildman–Crippen LogP) is 2.51. The summed E-state index contributed by atoms with van der Waals surface area (Å²) in [7, 11) is 1.84. The van der Waals surface area contributed by atoms with Crippen LogP contribution in [0.3, 0.4) is 0 Å². The van der Waals surface area contributed by atoms with E-state index in [1.165, 1.54) is 11.1 Å². The van der Waals surface area contributed by atoms with Gasteiger partial charge < -0.3 is 15.3 Å². The van der Waals surface area contributed by atoms with E-state index < -0.39 is 0 Å². The SMILES string of the molecule is CN=C(NCC1CCCC1O)N1CC=C(c2ccccc2)CC1. The van der Waals surface area contributed by atoms with Crippen LogP contribution < -0.4 is 5.32 Å².